The van der Waals surface area contributed by atoms with Crippen LogP contribution in [0.3, 0.4) is 0 Å². The second-order valence-electron chi connectivity index (χ2n) is 5.03. The molecule has 2 N–H and O–H groups in total. The second-order valence-corrected chi connectivity index (χ2v) is 5.03. The van der Waals surface area contributed by atoms with Crippen molar-refractivity contribution in [3.63, 3.8) is 0 Å². The van der Waals surface area contributed by atoms with Crippen LogP contribution in [0.2, 0.25) is 0 Å². The van der Waals surface area contributed by atoms with Crippen molar-refractivity contribution >= 4 is 5.97 Å². The number of rotatable bonds is 4. The van der Waals surface area contributed by atoms with E-state index in [1.807, 2.05) is 0 Å². The molecule has 0 saturated heterocycles. The van der Waals surface area contributed by atoms with E-state index < -0.39 is 5.97 Å². The maximum atomic E-state index is 12.8. The van der Waals surface area contributed by atoms with Gasteiger partial charge in [0.2, 0.25) is 5.69 Å². The fourth-order valence-electron chi connectivity index (χ4n) is 2.00. The van der Waals surface area contributed by atoms with Crippen LogP contribution in [0.5, 0.6) is 11.6 Å². The van der Waals surface area contributed by atoms with Gasteiger partial charge in [0, 0.05) is 12.0 Å². The lowest BCUT2D eigenvalue weighted by Crippen LogP contribution is -1.99. The topological polar surface area (TPSA) is 88.1 Å². The highest BCUT2D eigenvalue weighted by Gasteiger charge is 2.16. The summed E-state index contributed by atoms with van der Waals surface area (Å²) in [5.74, 6) is 4.89. The highest BCUT2D eigenvalue weighted by molar-refractivity contribution is 5.87. The van der Waals surface area contributed by atoms with Crippen molar-refractivity contribution in [2.45, 2.75) is 6.42 Å². The smallest absolute Gasteiger partial charge is 0.362 e. The van der Waals surface area contributed by atoms with Gasteiger partial charge in [-0.25, -0.2) is 14.3 Å². The lowest BCUT2D eigenvalue weighted by Gasteiger charge is -2.02. The number of carboxylic acids is 1. The van der Waals surface area contributed by atoms with Gasteiger partial charge in [0.25, 0.3) is 5.88 Å². The summed E-state index contributed by atoms with van der Waals surface area (Å²) in [6.45, 7) is 0. The van der Waals surface area contributed by atoms with Crippen molar-refractivity contribution in [3.8, 4) is 23.5 Å². The number of ether oxygens (including phenoxy) is 1. The monoisotopic (exact) mass is 337 g/mol. The van der Waals surface area contributed by atoms with E-state index in [9.17, 15) is 9.18 Å². The molecular weight excluding hydrogens is 325 g/mol. The summed E-state index contributed by atoms with van der Waals surface area (Å²) in [5.41, 5.74) is 1.42. The van der Waals surface area contributed by atoms with E-state index in [1.165, 1.54) is 12.1 Å². The van der Waals surface area contributed by atoms with Gasteiger partial charge in [-0.3, -0.25) is 0 Å². The molecule has 0 amide bonds. The molecule has 0 spiro atoms. The quantitative estimate of drug-likeness (QED) is 0.715. The van der Waals surface area contributed by atoms with Crippen molar-refractivity contribution < 1.29 is 19.0 Å². The van der Waals surface area contributed by atoms with Crippen LogP contribution in [-0.2, 0) is 6.42 Å². The first-order valence-corrected chi connectivity index (χ1v) is 7.27. The van der Waals surface area contributed by atoms with Gasteiger partial charge in [-0.1, -0.05) is 29.2 Å². The molecule has 0 unspecified atom stereocenters. The summed E-state index contributed by atoms with van der Waals surface area (Å²) in [6, 6.07) is 13.0. The first-order valence-electron chi connectivity index (χ1n) is 7.27. The first-order chi connectivity index (χ1) is 12.1. The molecule has 0 fully saturated rings. The third kappa shape index (κ3) is 4.20. The van der Waals surface area contributed by atoms with Gasteiger partial charge in [-0.15, -0.1) is 5.10 Å². The summed E-state index contributed by atoms with van der Waals surface area (Å²) >= 11 is 0. The van der Waals surface area contributed by atoms with Crippen LogP contribution in [0, 0.1) is 17.7 Å². The minimum absolute atomic E-state index is 0.0392. The summed E-state index contributed by atoms with van der Waals surface area (Å²) in [4.78, 5) is 10.9. The number of carbonyl (C=O) groups is 1. The molecule has 0 aliphatic rings. The van der Waals surface area contributed by atoms with Crippen LogP contribution in [0.4, 0.5) is 4.39 Å². The zero-order valence-corrected chi connectivity index (χ0v) is 12.9. The lowest BCUT2D eigenvalue weighted by atomic mass is 10.1. The molecule has 3 rings (SSSR count). The largest absolute Gasteiger partial charge is 0.476 e. The summed E-state index contributed by atoms with van der Waals surface area (Å²) in [7, 11) is 0. The van der Waals surface area contributed by atoms with Crippen molar-refractivity contribution in [2.24, 2.45) is 0 Å². The number of hydrogen-bond donors (Lipinski definition) is 2. The number of aromatic amines is 1. The Balaban J connectivity index is 1.64. The van der Waals surface area contributed by atoms with Gasteiger partial charge >= 0.3 is 5.97 Å². The Labute approximate surface area is 142 Å². The molecule has 0 aliphatic heterocycles. The Morgan fingerprint density at radius 2 is 1.88 bits per heavy atom. The van der Waals surface area contributed by atoms with E-state index in [0.717, 1.165) is 11.1 Å². The fraction of sp³-hybridized carbons (Fsp3) is 0.0556. The fourth-order valence-corrected chi connectivity index (χ4v) is 2.00. The Hall–Kier alpha value is -3.66. The maximum Gasteiger partial charge on any atom is 0.362 e. The molecule has 124 valence electrons. The number of benzene rings is 2. The molecule has 0 radical (unpaired) electrons. The number of H-pyrrole nitrogens is 1. The molecular formula is C18H12FN3O3. The predicted octanol–water partition coefficient (Wildman–Crippen LogP) is 3.03. The molecule has 0 saturated carbocycles. The molecule has 1 aromatic heterocycles. The zero-order valence-electron chi connectivity index (χ0n) is 12.9. The molecule has 3 aromatic rings. The van der Waals surface area contributed by atoms with E-state index in [-0.39, 0.29) is 17.4 Å². The van der Waals surface area contributed by atoms with Crippen molar-refractivity contribution in [1.29, 1.82) is 0 Å². The van der Waals surface area contributed by atoms with E-state index in [0.29, 0.717) is 12.2 Å². The lowest BCUT2D eigenvalue weighted by molar-refractivity contribution is 0.0687. The van der Waals surface area contributed by atoms with Crippen LogP contribution >= 0.6 is 0 Å². The van der Waals surface area contributed by atoms with Crippen molar-refractivity contribution in [2.75, 3.05) is 0 Å². The number of hydrogen-bond acceptors (Lipinski definition) is 4. The van der Waals surface area contributed by atoms with E-state index >= 15 is 0 Å². The van der Waals surface area contributed by atoms with Crippen molar-refractivity contribution in [1.82, 2.24) is 15.4 Å². The summed E-state index contributed by atoms with van der Waals surface area (Å²) in [5, 5.41) is 18.2. The van der Waals surface area contributed by atoms with Crippen LogP contribution in [-0.4, -0.2) is 26.5 Å². The number of halogens is 1. The van der Waals surface area contributed by atoms with Gasteiger partial charge in [-0.2, -0.15) is 0 Å². The van der Waals surface area contributed by atoms with Crippen molar-refractivity contribution in [3.05, 3.63) is 71.2 Å². The third-order valence-corrected chi connectivity index (χ3v) is 3.23. The molecule has 7 heteroatoms. The maximum absolute atomic E-state index is 12.8. The highest BCUT2D eigenvalue weighted by atomic mass is 19.1. The predicted molar refractivity (Wildman–Crippen MR) is 86.8 cm³/mol. The zero-order chi connectivity index (χ0) is 17.6. The Morgan fingerprint density at radius 1 is 1.16 bits per heavy atom. The number of carboxylic acid groups (broad SMARTS) is 1. The molecule has 25 heavy (non-hydrogen) atoms. The van der Waals surface area contributed by atoms with Gasteiger partial charge in [0.15, 0.2) is 0 Å². The van der Waals surface area contributed by atoms with Gasteiger partial charge in [-0.05, 0) is 42.0 Å². The number of aromatic carboxylic acids is 1. The second kappa shape index (κ2) is 7.27. The van der Waals surface area contributed by atoms with Gasteiger partial charge < -0.3 is 9.84 Å². The molecule has 1 heterocycles. The SMILES string of the molecule is O=C(O)c1nn[nH]c1Oc1ccc(C#CCc2ccc(F)cc2)cc1. The Morgan fingerprint density at radius 3 is 2.56 bits per heavy atom. The molecule has 2 aromatic carbocycles. The van der Waals surface area contributed by atoms with Crippen LogP contribution in [0.15, 0.2) is 48.5 Å². The first kappa shape index (κ1) is 16.2. The Bertz CT molecular complexity index is 938. The minimum Gasteiger partial charge on any atom is -0.476 e. The van der Waals surface area contributed by atoms with E-state index in [1.54, 1.807) is 36.4 Å². The van der Waals surface area contributed by atoms with Crippen LogP contribution < -0.4 is 4.74 Å². The highest BCUT2D eigenvalue weighted by Crippen LogP contribution is 2.21. The van der Waals surface area contributed by atoms with E-state index in [2.05, 4.69) is 27.3 Å². The van der Waals surface area contributed by atoms with Crippen LogP contribution in [0.1, 0.15) is 21.6 Å². The van der Waals surface area contributed by atoms with Gasteiger partial charge in [0.1, 0.15) is 11.6 Å². The number of nitrogens with one attached hydrogen (secondary N) is 1. The standard InChI is InChI=1S/C18H12FN3O3/c19-14-8-4-12(5-9-14)2-1-3-13-6-10-15(11-7-13)25-17-16(18(23)24)20-22-21-17/h4-11H,2H2,(H,23,24)(H,20,21,22). The molecule has 0 aliphatic carbocycles. The minimum atomic E-state index is -1.23. The van der Waals surface area contributed by atoms with Crippen LogP contribution in [0.25, 0.3) is 0 Å². The molecule has 6 nitrogen and oxygen atoms in total. The average Bonchev–Trinajstić information content (AvgIpc) is 3.07. The van der Waals surface area contributed by atoms with E-state index in [4.69, 9.17) is 9.84 Å². The normalized spacial score (nSPS) is 9.96. The number of aromatic nitrogens is 3. The summed E-state index contributed by atoms with van der Waals surface area (Å²) in [6.07, 6.45) is 0.514. The van der Waals surface area contributed by atoms with Gasteiger partial charge in [0.05, 0.1) is 0 Å². The average molecular weight is 337 g/mol. The molecule has 0 bridgehead atoms. The third-order valence-electron chi connectivity index (χ3n) is 3.23. The Kier molecular flexibility index (Phi) is 4.72. The summed E-state index contributed by atoms with van der Waals surface area (Å²) < 4.78 is 18.2. The number of nitrogens with zero attached hydrogens (tertiary/aromatic N) is 2. The molecule has 0 atom stereocenters.